The summed E-state index contributed by atoms with van der Waals surface area (Å²) >= 11 is 0. The second-order valence-corrected chi connectivity index (χ2v) is 8.00. The number of imide groups is 1. The predicted octanol–water partition coefficient (Wildman–Crippen LogP) is 6.11. The van der Waals surface area contributed by atoms with Gasteiger partial charge in [-0.3, -0.25) is 14.5 Å². The highest BCUT2D eigenvalue weighted by atomic mass is 16.2. The zero-order chi connectivity index (χ0) is 18.5. The number of carbonyl (C=O) groups is 2. The smallest absolute Gasteiger partial charge is 0.232 e. The molecular weight excluding hydrogens is 310 g/mol. The SMILES string of the molecule is CCCCCCCCCCCCCCCCN1C(=O)C(C)C(C)C1=O. The molecule has 3 nitrogen and oxygen atoms in total. The Morgan fingerprint density at radius 3 is 1.28 bits per heavy atom. The standard InChI is InChI=1S/C22H41NO2/c1-4-5-6-7-8-9-10-11-12-13-14-15-16-17-18-23-21(24)19(2)20(3)22(23)25/h19-20H,4-18H2,1-3H3. The third kappa shape index (κ3) is 8.37. The molecule has 0 radical (unpaired) electrons. The fourth-order valence-corrected chi connectivity index (χ4v) is 3.71. The molecule has 3 heteroatoms. The highest BCUT2D eigenvalue weighted by Crippen LogP contribution is 2.25. The van der Waals surface area contributed by atoms with Crippen LogP contribution in [0.2, 0.25) is 0 Å². The lowest BCUT2D eigenvalue weighted by Gasteiger charge is -2.14. The van der Waals surface area contributed by atoms with E-state index in [1.807, 2.05) is 13.8 Å². The normalized spacial score (nSPS) is 20.7. The van der Waals surface area contributed by atoms with E-state index < -0.39 is 0 Å². The van der Waals surface area contributed by atoms with Crippen LogP contribution in [0.5, 0.6) is 0 Å². The first-order valence-electron chi connectivity index (χ1n) is 10.9. The summed E-state index contributed by atoms with van der Waals surface area (Å²) in [5.74, 6) is -0.183. The van der Waals surface area contributed by atoms with Crippen LogP contribution in [0.15, 0.2) is 0 Å². The number of nitrogens with zero attached hydrogens (tertiary/aromatic N) is 1. The summed E-state index contributed by atoms with van der Waals surface area (Å²) in [7, 11) is 0. The molecule has 0 bridgehead atoms. The third-order valence-corrected chi connectivity index (χ3v) is 5.80. The molecule has 146 valence electrons. The molecule has 0 aromatic heterocycles. The number of carbonyl (C=O) groups excluding carboxylic acids is 2. The zero-order valence-corrected chi connectivity index (χ0v) is 17.0. The molecule has 25 heavy (non-hydrogen) atoms. The van der Waals surface area contributed by atoms with Gasteiger partial charge in [0.25, 0.3) is 0 Å². The number of rotatable bonds is 15. The monoisotopic (exact) mass is 351 g/mol. The van der Waals surface area contributed by atoms with E-state index in [9.17, 15) is 9.59 Å². The minimum Gasteiger partial charge on any atom is -0.282 e. The van der Waals surface area contributed by atoms with Crippen molar-refractivity contribution < 1.29 is 9.59 Å². The van der Waals surface area contributed by atoms with Crippen LogP contribution in [-0.4, -0.2) is 23.3 Å². The third-order valence-electron chi connectivity index (χ3n) is 5.80. The Balaban J connectivity index is 1.86. The van der Waals surface area contributed by atoms with Crippen LogP contribution in [0, 0.1) is 11.8 Å². The Morgan fingerprint density at radius 1 is 0.600 bits per heavy atom. The van der Waals surface area contributed by atoms with Crippen LogP contribution in [-0.2, 0) is 9.59 Å². The average molecular weight is 352 g/mol. The highest BCUT2D eigenvalue weighted by Gasteiger charge is 2.41. The van der Waals surface area contributed by atoms with E-state index in [1.165, 1.54) is 81.9 Å². The average Bonchev–Trinajstić information content (AvgIpc) is 2.79. The fourth-order valence-electron chi connectivity index (χ4n) is 3.71. The molecule has 0 aliphatic carbocycles. The summed E-state index contributed by atoms with van der Waals surface area (Å²) in [6, 6.07) is 0. The molecule has 1 aliphatic rings. The molecule has 1 fully saturated rings. The number of hydrogen-bond donors (Lipinski definition) is 0. The van der Waals surface area contributed by atoms with Crippen LogP contribution in [0.3, 0.4) is 0 Å². The molecule has 2 amide bonds. The molecule has 1 rings (SSSR count). The first kappa shape index (κ1) is 22.2. The summed E-state index contributed by atoms with van der Waals surface area (Å²) < 4.78 is 0. The van der Waals surface area contributed by atoms with Crippen molar-refractivity contribution in [3.05, 3.63) is 0 Å². The maximum Gasteiger partial charge on any atom is 0.232 e. The van der Waals surface area contributed by atoms with Crippen molar-refractivity contribution in [1.82, 2.24) is 4.90 Å². The molecule has 0 N–H and O–H groups in total. The Morgan fingerprint density at radius 2 is 0.920 bits per heavy atom. The minimum absolute atomic E-state index is 0.0344. The lowest BCUT2D eigenvalue weighted by atomic mass is 10.00. The number of amides is 2. The predicted molar refractivity (Wildman–Crippen MR) is 105 cm³/mol. The van der Waals surface area contributed by atoms with Crippen LogP contribution in [0.4, 0.5) is 0 Å². The summed E-state index contributed by atoms with van der Waals surface area (Å²) in [6.07, 6.45) is 18.6. The fraction of sp³-hybridized carbons (Fsp3) is 0.909. The second kappa shape index (κ2) is 13.4. The van der Waals surface area contributed by atoms with Gasteiger partial charge in [-0.15, -0.1) is 0 Å². The maximum atomic E-state index is 12.0. The second-order valence-electron chi connectivity index (χ2n) is 8.00. The van der Waals surface area contributed by atoms with Gasteiger partial charge in [-0.25, -0.2) is 0 Å². The molecular formula is C22H41NO2. The van der Waals surface area contributed by atoms with E-state index in [4.69, 9.17) is 0 Å². The topological polar surface area (TPSA) is 37.4 Å². The van der Waals surface area contributed by atoms with Gasteiger partial charge in [-0.1, -0.05) is 104 Å². The molecule has 1 aliphatic heterocycles. The van der Waals surface area contributed by atoms with E-state index in [0.29, 0.717) is 6.54 Å². The van der Waals surface area contributed by atoms with Gasteiger partial charge in [-0.2, -0.15) is 0 Å². The quantitative estimate of drug-likeness (QED) is 0.264. The first-order chi connectivity index (χ1) is 12.1. The summed E-state index contributed by atoms with van der Waals surface area (Å²) in [4.78, 5) is 25.5. The highest BCUT2D eigenvalue weighted by molar-refractivity contribution is 6.04. The van der Waals surface area contributed by atoms with Crippen LogP contribution >= 0.6 is 0 Å². The minimum atomic E-state index is -0.126. The van der Waals surface area contributed by atoms with Crippen molar-refractivity contribution >= 4 is 11.8 Å². The summed E-state index contributed by atoms with van der Waals surface area (Å²) in [5.41, 5.74) is 0. The molecule has 2 atom stereocenters. The van der Waals surface area contributed by atoms with E-state index in [0.717, 1.165) is 12.8 Å². The molecule has 0 spiro atoms. The number of hydrogen-bond acceptors (Lipinski definition) is 2. The van der Waals surface area contributed by atoms with Gasteiger partial charge in [0.2, 0.25) is 11.8 Å². The molecule has 1 heterocycles. The summed E-state index contributed by atoms with van der Waals surface area (Å²) in [5, 5.41) is 0. The molecule has 1 saturated heterocycles. The lowest BCUT2D eigenvalue weighted by Crippen LogP contribution is -2.31. The van der Waals surface area contributed by atoms with Gasteiger partial charge in [0.05, 0.1) is 0 Å². The Kier molecular flexibility index (Phi) is 11.9. The zero-order valence-electron chi connectivity index (χ0n) is 17.0. The van der Waals surface area contributed by atoms with Gasteiger partial charge in [0, 0.05) is 18.4 Å². The van der Waals surface area contributed by atoms with Crippen LogP contribution < -0.4 is 0 Å². The van der Waals surface area contributed by atoms with E-state index >= 15 is 0 Å². The van der Waals surface area contributed by atoms with Crippen molar-refractivity contribution in [2.75, 3.05) is 6.54 Å². The van der Waals surface area contributed by atoms with Crippen molar-refractivity contribution in [3.63, 3.8) is 0 Å². The molecule has 0 aromatic rings. The molecule has 0 saturated carbocycles. The Labute approximate surface area is 155 Å². The van der Waals surface area contributed by atoms with Crippen LogP contribution in [0.25, 0.3) is 0 Å². The van der Waals surface area contributed by atoms with Crippen molar-refractivity contribution in [3.8, 4) is 0 Å². The van der Waals surface area contributed by atoms with Gasteiger partial charge < -0.3 is 0 Å². The largest absolute Gasteiger partial charge is 0.282 e. The van der Waals surface area contributed by atoms with Crippen molar-refractivity contribution in [2.45, 2.75) is 111 Å². The van der Waals surface area contributed by atoms with Gasteiger partial charge in [0.1, 0.15) is 0 Å². The van der Waals surface area contributed by atoms with E-state index in [2.05, 4.69) is 6.92 Å². The van der Waals surface area contributed by atoms with Gasteiger partial charge >= 0.3 is 0 Å². The van der Waals surface area contributed by atoms with Crippen molar-refractivity contribution in [2.24, 2.45) is 11.8 Å². The van der Waals surface area contributed by atoms with Gasteiger partial charge in [-0.05, 0) is 6.42 Å². The van der Waals surface area contributed by atoms with E-state index in [-0.39, 0.29) is 23.7 Å². The number of likely N-dealkylation sites (tertiary alicyclic amines) is 1. The Hall–Kier alpha value is -0.860. The lowest BCUT2D eigenvalue weighted by molar-refractivity contribution is -0.139. The first-order valence-corrected chi connectivity index (χ1v) is 10.9. The van der Waals surface area contributed by atoms with Crippen LogP contribution in [0.1, 0.15) is 111 Å². The molecule has 2 unspecified atom stereocenters. The Bertz CT molecular complexity index is 360. The summed E-state index contributed by atoms with van der Waals surface area (Å²) in [6.45, 7) is 6.64. The number of unbranched alkanes of at least 4 members (excludes halogenated alkanes) is 13. The molecule has 0 aromatic carbocycles. The van der Waals surface area contributed by atoms with Crippen molar-refractivity contribution in [1.29, 1.82) is 0 Å². The maximum absolute atomic E-state index is 12.0. The van der Waals surface area contributed by atoms with E-state index in [1.54, 1.807) is 0 Å². The van der Waals surface area contributed by atoms with Gasteiger partial charge in [0.15, 0.2) is 0 Å².